The first kappa shape index (κ1) is 14.1. The Labute approximate surface area is 105 Å². The van der Waals surface area contributed by atoms with Gasteiger partial charge in [-0.25, -0.2) is 4.79 Å². The van der Waals surface area contributed by atoms with Crippen LogP contribution in [-0.4, -0.2) is 36.7 Å². The highest BCUT2D eigenvalue weighted by atomic mass is 16.5. The van der Waals surface area contributed by atoms with Gasteiger partial charge < -0.3 is 20.9 Å². The molecule has 6 heteroatoms. The number of nitrogens with one attached hydrogen (secondary N) is 1. The molecule has 0 aliphatic rings. The Morgan fingerprint density at radius 3 is 2.78 bits per heavy atom. The Morgan fingerprint density at radius 1 is 1.50 bits per heavy atom. The van der Waals surface area contributed by atoms with Gasteiger partial charge in [0.05, 0.1) is 5.56 Å². The van der Waals surface area contributed by atoms with E-state index in [0.717, 1.165) is 0 Å². The molecule has 1 aromatic carbocycles. The van der Waals surface area contributed by atoms with E-state index in [1.54, 1.807) is 12.1 Å². The van der Waals surface area contributed by atoms with Crippen LogP contribution in [0, 0.1) is 0 Å². The van der Waals surface area contributed by atoms with Crippen molar-refractivity contribution >= 4 is 11.9 Å². The molecule has 6 nitrogen and oxygen atoms in total. The Kier molecular flexibility index (Phi) is 5.29. The fourth-order valence-electron chi connectivity index (χ4n) is 1.43. The number of carboxylic acids is 1. The van der Waals surface area contributed by atoms with Crippen molar-refractivity contribution in [3.63, 3.8) is 0 Å². The van der Waals surface area contributed by atoms with Crippen molar-refractivity contribution in [1.82, 2.24) is 5.32 Å². The highest BCUT2D eigenvalue weighted by molar-refractivity contribution is 5.87. The molecular weight excluding hydrogens is 236 g/mol. The summed E-state index contributed by atoms with van der Waals surface area (Å²) in [7, 11) is 1.40. The maximum absolute atomic E-state index is 11.6. The summed E-state index contributed by atoms with van der Waals surface area (Å²) in [6.45, 7) is 0.331. The third-order valence-electron chi connectivity index (χ3n) is 2.43. The normalized spacial score (nSPS) is 11.9. The van der Waals surface area contributed by atoms with Gasteiger partial charge in [-0.15, -0.1) is 0 Å². The van der Waals surface area contributed by atoms with Crippen LogP contribution in [0.2, 0.25) is 0 Å². The van der Waals surface area contributed by atoms with Crippen LogP contribution in [0.3, 0.4) is 0 Å². The molecule has 0 saturated heterocycles. The number of hydrogen-bond acceptors (Lipinski definition) is 4. The third-order valence-corrected chi connectivity index (χ3v) is 2.43. The van der Waals surface area contributed by atoms with Crippen molar-refractivity contribution in [2.45, 2.75) is 12.6 Å². The van der Waals surface area contributed by atoms with Crippen molar-refractivity contribution in [3.8, 4) is 0 Å². The third kappa shape index (κ3) is 3.83. The minimum Gasteiger partial charge on any atom is -0.478 e. The van der Waals surface area contributed by atoms with E-state index in [1.807, 2.05) is 0 Å². The smallest absolute Gasteiger partial charge is 0.335 e. The molecule has 1 atom stereocenters. The minimum absolute atomic E-state index is 0.0947. The number of carbonyl (C=O) groups excluding carboxylic acids is 1. The van der Waals surface area contributed by atoms with Crippen LogP contribution in [0.15, 0.2) is 24.3 Å². The standard InChI is InChI=1S/C12H16N2O4/c1-18-10(6-13)11(15)14-7-8-3-2-4-9(5-8)12(16)17/h2-5,10H,6-7,13H2,1H3,(H,14,15)(H,16,17). The van der Waals surface area contributed by atoms with Gasteiger partial charge in [-0.05, 0) is 17.7 Å². The first-order valence-electron chi connectivity index (χ1n) is 5.41. The zero-order valence-corrected chi connectivity index (χ0v) is 10.1. The second-order valence-corrected chi connectivity index (χ2v) is 3.68. The maximum atomic E-state index is 11.6. The largest absolute Gasteiger partial charge is 0.478 e. The highest BCUT2D eigenvalue weighted by Crippen LogP contribution is 2.05. The lowest BCUT2D eigenvalue weighted by molar-refractivity contribution is -0.130. The van der Waals surface area contributed by atoms with Gasteiger partial charge in [-0.2, -0.15) is 0 Å². The van der Waals surface area contributed by atoms with Gasteiger partial charge >= 0.3 is 5.97 Å². The molecule has 4 N–H and O–H groups in total. The van der Waals surface area contributed by atoms with Crippen LogP contribution >= 0.6 is 0 Å². The van der Waals surface area contributed by atoms with Crippen LogP contribution in [0.1, 0.15) is 15.9 Å². The number of carboxylic acid groups (broad SMARTS) is 1. The van der Waals surface area contributed by atoms with Crippen LogP contribution in [-0.2, 0) is 16.1 Å². The SMILES string of the molecule is COC(CN)C(=O)NCc1cccc(C(=O)O)c1. The first-order chi connectivity index (χ1) is 8.58. The molecule has 1 rings (SSSR count). The van der Waals surface area contributed by atoms with E-state index < -0.39 is 12.1 Å². The lowest BCUT2D eigenvalue weighted by Gasteiger charge is -2.13. The molecule has 0 bridgehead atoms. The summed E-state index contributed by atoms with van der Waals surface area (Å²) in [5, 5.41) is 11.5. The summed E-state index contributed by atoms with van der Waals surface area (Å²) in [5.41, 5.74) is 6.24. The number of nitrogens with two attached hydrogens (primary N) is 1. The minimum atomic E-state index is -1.00. The van der Waals surface area contributed by atoms with Gasteiger partial charge in [0.2, 0.25) is 0 Å². The number of carbonyl (C=O) groups is 2. The second kappa shape index (κ2) is 6.73. The number of amides is 1. The molecule has 0 radical (unpaired) electrons. The summed E-state index contributed by atoms with van der Waals surface area (Å²) in [6, 6.07) is 6.36. The molecule has 18 heavy (non-hydrogen) atoms. The lowest BCUT2D eigenvalue weighted by Crippen LogP contribution is -2.40. The number of benzene rings is 1. The van der Waals surface area contributed by atoms with Crippen LogP contribution in [0.4, 0.5) is 0 Å². The maximum Gasteiger partial charge on any atom is 0.335 e. The van der Waals surface area contributed by atoms with Gasteiger partial charge in [0.1, 0.15) is 6.10 Å². The lowest BCUT2D eigenvalue weighted by atomic mass is 10.1. The molecule has 1 aromatic rings. The van der Waals surface area contributed by atoms with E-state index in [9.17, 15) is 9.59 Å². The molecule has 0 saturated carbocycles. The summed E-state index contributed by atoms with van der Waals surface area (Å²) in [4.78, 5) is 22.3. The van der Waals surface area contributed by atoms with Crippen molar-refractivity contribution in [2.24, 2.45) is 5.73 Å². The van der Waals surface area contributed by atoms with E-state index in [4.69, 9.17) is 15.6 Å². The zero-order chi connectivity index (χ0) is 13.5. The molecule has 1 unspecified atom stereocenters. The Balaban J connectivity index is 2.61. The predicted octanol–water partition coefficient (Wildman–Crippen LogP) is -0.0253. The van der Waals surface area contributed by atoms with Crippen molar-refractivity contribution in [1.29, 1.82) is 0 Å². The summed E-state index contributed by atoms with van der Waals surface area (Å²) >= 11 is 0. The van der Waals surface area contributed by atoms with Gasteiger partial charge in [-0.3, -0.25) is 4.79 Å². The topological polar surface area (TPSA) is 102 Å². The quantitative estimate of drug-likeness (QED) is 0.660. The number of ether oxygens (including phenoxy) is 1. The number of methoxy groups -OCH3 is 1. The fourth-order valence-corrected chi connectivity index (χ4v) is 1.43. The molecule has 0 heterocycles. The molecule has 0 aliphatic heterocycles. The van der Waals surface area contributed by atoms with Gasteiger partial charge in [0.15, 0.2) is 0 Å². The van der Waals surface area contributed by atoms with E-state index in [2.05, 4.69) is 5.32 Å². The van der Waals surface area contributed by atoms with E-state index >= 15 is 0 Å². The first-order valence-corrected chi connectivity index (χ1v) is 5.41. The van der Waals surface area contributed by atoms with Crippen LogP contribution in [0.5, 0.6) is 0 Å². The number of hydrogen-bond donors (Lipinski definition) is 3. The Bertz CT molecular complexity index is 430. The summed E-state index contributed by atoms with van der Waals surface area (Å²) in [6.07, 6.45) is -0.687. The molecule has 0 spiro atoms. The Hall–Kier alpha value is -1.92. The fraction of sp³-hybridized carbons (Fsp3) is 0.333. The van der Waals surface area contributed by atoms with E-state index in [1.165, 1.54) is 19.2 Å². The highest BCUT2D eigenvalue weighted by Gasteiger charge is 2.15. The zero-order valence-electron chi connectivity index (χ0n) is 10.1. The van der Waals surface area contributed by atoms with Gasteiger partial charge in [0.25, 0.3) is 5.91 Å². The van der Waals surface area contributed by atoms with Crippen molar-refractivity contribution in [3.05, 3.63) is 35.4 Å². The second-order valence-electron chi connectivity index (χ2n) is 3.68. The van der Waals surface area contributed by atoms with Gasteiger partial charge in [0, 0.05) is 20.2 Å². The van der Waals surface area contributed by atoms with Crippen LogP contribution < -0.4 is 11.1 Å². The van der Waals surface area contributed by atoms with Crippen molar-refractivity contribution in [2.75, 3.05) is 13.7 Å². The molecule has 98 valence electrons. The van der Waals surface area contributed by atoms with Crippen molar-refractivity contribution < 1.29 is 19.4 Å². The number of rotatable bonds is 6. The molecular formula is C12H16N2O4. The Morgan fingerprint density at radius 2 is 2.22 bits per heavy atom. The number of aromatic carboxylic acids is 1. The summed E-state index contributed by atoms with van der Waals surface area (Å²) < 4.78 is 4.88. The average molecular weight is 252 g/mol. The van der Waals surface area contributed by atoms with E-state index in [0.29, 0.717) is 5.56 Å². The van der Waals surface area contributed by atoms with E-state index in [-0.39, 0.29) is 24.6 Å². The average Bonchev–Trinajstić information content (AvgIpc) is 2.38. The predicted molar refractivity (Wildman–Crippen MR) is 65.1 cm³/mol. The summed E-state index contributed by atoms with van der Waals surface area (Å²) in [5.74, 6) is -1.32. The molecule has 0 aliphatic carbocycles. The molecule has 0 aromatic heterocycles. The molecule has 1 amide bonds. The monoisotopic (exact) mass is 252 g/mol. The molecule has 0 fully saturated rings. The van der Waals surface area contributed by atoms with Gasteiger partial charge in [-0.1, -0.05) is 12.1 Å². The van der Waals surface area contributed by atoms with Crippen LogP contribution in [0.25, 0.3) is 0 Å².